The van der Waals surface area contributed by atoms with E-state index in [1.807, 2.05) is 7.05 Å². The van der Waals surface area contributed by atoms with Crippen LogP contribution >= 0.6 is 0 Å². The molecule has 7 heteroatoms. The maximum Gasteiger partial charge on any atom is 0.226 e. The molecule has 3 N–H and O–H groups in total. The van der Waals surface area contributed by atoms with Gasteiger partial charge in [0.25, 0.3) is 0 Å². The Labute approximate surface area is 130 Å². The Morgan fingerprint density at radius 1 is 1.27 bits per heavy atom. The van der Waals surface area contributed by atoms with Gasteiger partial charge in [-0.25, -0.2) is 0 Å². The minimum absolute atomic E-state index is 0.178. The number of anilines is 2. The fraction of sp³-hybridized carbons (Fsp3) is 0.667. The number of nitrogens with zero attached hydrogens (tertiary/aromatic N) is 5. The average molecular weight is 303 g/mol. The van der Waals surface area contributed by atoms with Crippen LogP contribution in [0.15, 0.2) is 6.20 Å². The van der Waals surface area contributed by atoms with E-state index in [9.17, 15) is 0 Å². The lowest BCUT2D eigenvalue weighted by Gasteiger charge is -2.43. The highest BCUT2D eigenvalue weighted by atomic mass is 15.3. The minimum atomic E-state index is 0.178. The molecule has 2 heterocycles. The number of likely N-dealkylation sites (N-methyl/N-ethyl adjacent to an activating group) is 1. The SMILES string of the molecule is CN(C)C1(CNc2nc(N)c3cnn(C)c3n2)CCCCC1. The number of nitrogens with two attached hydrogens (primary N) is 1. The van der Waals surface area contributed by atoms with E-state index in [4.69, 9.17) is 5.73 Å². The van der Waals surface area contributed by atoms with Crippen molar-refractivity contribution in [2.24, 2.45) is 7.05 Å². The fourth-order valence-corrected chi connectivity index (χ4v) is 3.36. The Morgan fingerprint density at radius 3 is 2.68 bits per heavy atom. The van der Waals surface area contributed by atoms with Crippen molar-refractivity contribution in [1.82, 2.24) is 24.6 Å². The molecule has 0 aliphatic heterocycles. The second-order valence-electron chi connectivity index (χ2n) is 6.47. The van der Waals surface area contributed by atoms with E-state index in [0.717, 1.165) is 17.6 Å². The molecule has 0 unspecified atom stereocenters. The molecule has 7 nitrogen and oxygen atoms in total. The number of aromatic nitrogens is 4. The molecule has 0 radical (unpaired) electrons. The molecule has 0 atom stereocenters. The summed E-state index contributed by atoms with van der Waals surface area (Å²) in [6, 6.07) is 0. The van der Waals surface area contributed by atoms with Crippen LogP contribution in [0.3, 0.4) is 0 Å². The van der Waals surface area contributed by atoms with Crippen molar-refractivity contribution in [1.29, 1.82) is 0 Å². The van der Waals surface area contributed by atoms with Crippen molar-refractivity contribution in [3.8, 4) is 0 Å². The Bertz CT molecular complexity index is 655. The van der Waals surface area contributed by atoms with Crippen LogP contribution in [0.5, 0.6) is 0 Å². The standard InChI is InChI=1S/C15H25N7/c1-21(2)15(7-5-4-6-8-15)10-17-14-19-12(16)11-9-18-22(3)13(11)20-14/h9H,4-8,10H2,1-3H3,(H3,16,17,19,20). The van der Waals surface area contributed by atoms with Gasteiger partial charge in [-0.05, 0) is 26.9 Å². The molecule has 3 rings (SSSR count). The predicted molar refractivity (Wildman–Crippen MR) is 88.7 cm³/mol. The molecule has 1 aliphatic carbocycles. The first-order valence-electron chi connectivity index (χ1n) is 7.88. The molecule has 120 valence electrons. The zero-order valence-electron chi connectivity index (χ0n) is 13.6. The van der Waals surface area contributed by atoms with E-state index >= 15 is 0 Å². The van der Waals surface area contributed by atoms with Gasteiger partial charge in [-0.3, -0.25) is 4.68 Å². The van der Waals surface area contributed by atoms with E-state index in [-0.39, 0.29) is 5.54 Å². The summed E-state index contributed by atoms with van der Waals surface area (Å²) in [5.74, 6) is 1.06. The van der Waals surface area contributed by atoms with Gasteiger partial charge < -0.3 is 16.0 Å². The summed E-state index contributed by atoms with van der Waals surface area (Å²) in [6.07, 6.45) is 8.01. The van der Waals surface area contributed by atoms with Crippen LogP contribution in [0, 0.1) is 0 Å². The van der Waals surface area contributed by atoms with Gasteiger partial charge in [-0.15, -0.1) is 0 Å². The zero-order valence-corrected chi connectivity index (χ0v) is 13.6. The quantitative estimate of drug-likeness (QED) is 0.893. The van der Waals surface area contributed by atoms with Crippen molar-refractivity contribution >= 4 is 22.8 Å². The van der Waals surface area contributed by atoms with Crippen LogP contribution in [-0.2, 0) is 7.05 Å². The molecule has 0 amide bonds. The van der Waals surface area contributed by atoms with Gasteiger partial charge in [0.1, 0.15) is 5.82 Å². The van der Waals surface area contributed by atoms with Crippen LogP contribution in [0.4, 0.5) is 11.8 Å². The molecule has 0 spiro atoms. The summed E-state index contributed by atoms with van der Waals surface area (Å²) in [5, 5.41) is 8.39. The van der Waals surface area contributed by atoms with Crippen molar-refractivity contribution in [2.45, 2.75) is 37.6 Å². The first kappa shape index (κ1) is 15.0. The summed E-state index contributed by atoms with van der Waals surface area (Å²) in [7, 11) is 6.18. The van der Waals surface area contributed by atoms with Crippen molar-refractivity contribution in [2.75, 3.05) is 31.7 Å². The first-order chi connectivity index (χ1) is 10.5. The topological polar surface area (TPSA) is 84.9 Å². The largest absolute Gasteiger partial charge is 0.383 e. The van der Waals surface area contributed by atoms with Crippen LogP contribution in [0.2, 0.25) is 0 Å². The van der Waals surface area contributed by atoms with E-state index in [1.54, 1.807) is 10.9 Å². The molecule has 1 fully saturated rings. The monoisotopic (exact) mass is 303 g/mol. The van der Waals surface area contributed by atoms with Crippen LogP contribution in [0.1, 0.15) is 32.1 Å². The predicted octanol–water partition coefficient (Wildman–Crippen LogP) is 1.62. The van der Waals surface area contributed by atoms with Gasteiger partial charge in [0.15, 0.2) is 5.65 Å². The van der Waals surface area contributed by atoms with Crippen LogP contribution in [0.25, 0.3) is 11.0 Å². The molecule has 0 bridgehead atoms. The van der Waals surface area contributed by atoms with E-state index in [1.165, 1.54) is 32.1 Å². The number of fused-ring (bicyclic) bond motifs is 1. The Balaban J connectivity index is 1.82. The summed E-state index contributed by atoms with van der Waals surface area (Å²) >= 11 is 0. The summed E-state index contributed by atoms with van der Waals surface area (Å²) < 4.78 is 1.72. The fourth-order valence-electron chi connectivity index (χ4n) is 3.36. The molecule has 1 saturated carbocycles. The van der Waals surface area contributed by atoms with Crippen molar-refractivity contribution in [3.05, 3.63) is 6.20 Å². The van der Waals surface area contributed by atoms with Gasteiger partial charge in [0.05, 0.1) is 11.6 Å². The Kier molecular flexibility index (Phi) is 3.90. The van der Waals surface area contributed by atoms with Crippen molar-refractivity contribution < 1.29 is 0 Å². The van der Waals surface area contributed by atoms with Crippen LogP contribution < -0.4 is 11.1 Å². The van der Waals surface area contributed by atoms with Crippen LogP contribution in [-0.4, -0.2) is 50.8 Å². The van der Waals surface area contributed by atoms with E-state index in [0.29, 0.717) is 11.8 Å². The van der Waals surface area contributed by atoms with Gasteiger partial charge in [0.2, 0.25) is 5.95 Å². The lowest BCUT2D eigenvalue weighted by atomic mass is 9.80. The van der Waals surface area contributed by atoms with Crippen molar-refractivity contribution in [3.63, 3.8) is 0 Å². The molecular weight excluding hydrogens is 278 g/mol. The second kappa shape index (κ2) is 5.72. The summed E-state index contributed by atoms with van der Waals surface area (Å²) in [4.78, 5) is 11.3. The molecule has 2 aromatic rings. The van der Waals surface area contributed by atoms with Gasteiger partial charge in [0, 0.05) is 19.1 Å². The molecule has 22 heavy (non-hydrogen) atoms. The maximum absolute atomic E-state index is 6.02. The molecule has 0 saturated heterocycles. The lowest BCUT2D eigenvalue weighted by molar-refractivity contribution is 0.113. The molecule has 2 aromatic heterocycles. The highest BCUT2D eigenvalue weighted by molar-refractivity contribution is 5.86. The lowest BCUT2D eigenvalue weighted by Crippen LogP contribution is -2.51. The summed E-state index contributed by atoms with van der Waals surface area (Å²) in [5.41, 5.74) is 6.96. The van der Waals surface area contributed by atoms with E-state index in [2.05, 4.69) is 39.4 Å². The van der Waals surface area contributed by atoms with Gasteiger partial charge in [-0.2, -0.15) is 15.1 Å². The average Bonchev–Trinajstić information content (AvgIpc) is 2.88. The zero-order chi connectivity index (χ0) is 15.7. The number of nitrogen functional groups attached to an aromatic ring is 1. The highest BCUT2D eigenvalue weighted by Crippen LogP contribution is 2.32. The van der Waals surface area contributed by atoms with Gasteiger partial charge >= 0.3 is 0 Å². The molecule has 1 aliphatic rings. The number of nitrogens with one attached hydrogen (secondary N) is 1. The number of rotatable bonds is 4. The number of hydrogen-bond acceptors (Lipinski definition) is 6. The third kappa shape index (κ3) is 2.61. The van der Waals surface area contributed by atoms with Gasteiger partial charge in [-0.1, -0.05) is 19.3 Å². The maximum atomic E-state index is 6.02. The van der Waals surface area contributed by atoms with E-state index < -0.39 is 0 Å². The highest BCUT2D eigenvalue weighted by Gasteiger charge is 2.34. The second-order valence-corrected chi connectivity index (χ2v) is 6.47. The Hall–Kier alpha value is -1.89. The summed E-state index contributed by atoms with van der Waals surface area (Å²) in [6.45, 7) is 0.836. The Morgan fingerprint density at radius 2 is 2.00 bits per heavy atom. The molecular formula is C15H25N7. The normalized spacial score (nSPS) is 18.0. The first-order valence-corrected chi connectivity index (χ1v) is 7.88. The third-order valence-electron chi connectivity index (χ3n) is 4.93. The smallest absolute Gasteiger partial charge is 0.226 e. The molecule has 0 aromatic carbocycles. The number of hydrogen-bond donors (Lipinski definition) is 2. The number of aryl methyl sites for hydroxylation is 1. The third-order valence-corrected chi connectivity index (χ3v) is 4.93. The minimum Gasteiger partial charge on any atom is -0.383 e.